The van der Waals surface area contributed by atoms with Gasteiger partial charge in [0.2, 0.25) is 0 Å². The largest absolute Gasteiger partial charge is 0.341 e. The number of aromatic nitrogens is 2. The summed E-state index contributed by atoms with van der Waals surface area (Å²) in [6.45, 7) is 4.40. The highest BCUT2D eigenvalue weighted by Gasteiger charge is 2.36. The fourth-order valence-electron chi connectivity index (χ4n) is 2.62. The molecule has 2 N–H and O–H groups in total. The Kier molecular flexibility index (Phi) is 2.21. The molecule has 2 aromatic rings. The molecule has 1 fully saturated rings. The van der Waals surface area contributed by atoms with Gasteiger partial charge < -0.3 is 10.3 Å². The van der Waals surface area contributed by atoms with E-state index >= 15 is 0 Å². The van der Waals surface area contributed by atoms with E-state index < -0.39 is 0 Å². The van der Waals surface area contributed by atoms with Gasteiger partial charge in [-0.15, -0.1) is 0 Å². The number of aromatic amines is 1. The van der Waals surface area contributed by atoms with Crippen molar-refractivity contribution < 1.29 is 0 Å². The molecule has 0 saturated carbocycles. The molecule has 1 aliphatic rings. The number of fused-ring (bicyclic) bond motifs is 1. The van der Waals surface area contributed by atoms with Crippen LogP contribution in [-0.4, -0.2) is 23.1 Å². The standard InChI is InChI=1S/C13H17N3/c1-2-13(7-8-14-9-13)12-15-10-5-3-4-6-11(10)16-12/h3-6,14H,2,7-9H2,1H3,(H,15,16). The summed E-state index contributed by atoms with van der Waals surface area (Å²) in [4.78, 5) is 8.22. The van der Waals surface area contributed by atoms with Crippen LogP contribution in [0.2, 0.25) is 0 Å². The number of imidazole rings is 1. The van der Waals surface area contributed by atoms with Gasteiger partial charge in [-0.3, -0.25) is 0 Å². The highest BCUT2D eigenvalue weighted by atomic mass is 15.0. The third kappa shape index (κ3) is 1.35. The second kappa shape index (κ2) is 3.59. The van der Waals surface area contributed by atoms with Crippen molar-refractivity contribution in [1.82, 2.24) is 15.3 Å². The third-order valence-corrected chi connectivity index (χ3v) is 3.81. The zero-order valence-corrected chi connectivity index (χ0v) is 9.59. The molecule has 1 aliphatic heterocycles. The molecule has 1 atom stereocenters. The predicted octanol–water partition coefficient (Wildman–Crippen LogP) is 2.20. The van der Waals surface area contributed by atoms with Gasteiger partial charge in [0.15, 0.2) is 0 Å². The van der Waals surface area contributed by atoms with Crippen molar-refractivity contribution in [2.75, 3.05) is 13.1 Å². The second-order valence-electron chi connectivity index (χ2n) is 4.66. The SMILES string of the molecule is CCC1(c2nc3ccccc3[nH]2)CCNC1. The Morgan fingerprint density at radius 1 is 1.38 bits per heavy atom. The number of rotatable bonds is 2. The number of nitrogens with zero attached hydrogens (tertiary/aromatic N) is 1. The molecule has 3 heteroatoms. The summed E-state index contributed by atoms with van der Waals surface area (Å²) >= 11 is 0. The van der Waals surface area contributed by atoms with E-state index in [1.807, 2.05) is 6.07 Å². The van der Waals surface area contributed by atoms with E-state index in [1.165, 1.54) is 6.42 Å². The van der Waals surface area contributed by atoms with Crippen molar-refractivity contribution in [3.05, 3.63) is 30.1 Å². The lowest BCUT2D eigenvalue weighted by atomic mass is 9.83. The Balaban J connectivity index is 2.10. The molecule has 1 aromatic carbocycles. The van der Waals surface area contributed by atoms with Crippen molar-refractivity contribution in [3.8, 4) is 0 Å². The van der Waals surface area contributed by atoms with Gasteiger partial charge >= 0.3 is 0 Å². The number of benzene rings is 1. The average Bonchev–Trinajstić information content (AvgIpc) is 2.96. The van der Waals surface area contributed by atoms with Crippen LogP contribution in [0.5, 0.6) is 0 Å². The first-order chi connectivity index (χ1) is 7.84. The van der Waals surface area contributed by atoms with E-state index in [9.17, 15) is 0 Å². The molecule has 2 heterocycles. The topological polar surface area (TPSA) is 40.7 Å². The van der Waals surface area contributed by atoms with Crippen molar-refractivity contribution >= 4 is 11.0 Å². The minimum absolute atomic E-state index is 0.221. The van der Waals surface area contributed by atoms with E-state index in [4.69, 9.17) is 4.98 Å². The summed E-state index contributed by atoms with van der Waals surface area (Å²) in [5, 5.41) is 3.45. The molecule has 1 aromatic heterocycles. The maximum Gasteiger partial charge on any atom is 0.114 e. The summed E-state index contributed by atoms with van der Waals surface area (Å²) in [5.41, 5.74) is 2.45. The number of para-hydroxylation sites is 2. The third-order valence-electron chi connectivity index (χ3n) is 3.81. The van der Waals surface area contributed by atoms with Crippen LogP contribution in [0.25, 0.3) is 11.0 Å². The maximum atomic E-state index is 4.74. The summed E-state index contributed by atoms with van der Waals surface area (Å²) in [6, 6.07) is 8.26. The van der Waals surface area contributed by atoms with Gasteiger partial charge in [0, 0.05) is 12.0 Å². The van der Waals surface area contributed by atoms with Gasteiger partial charge in [0.25, 0.3) is 0 Å². The van der Waals surface area contributed by atoms with E-state index in [0.29, 0.717) is 0 Å². The van der Waals surface area contributed by atoms with Gasteiger partial charge in [-0.1, -0.05) is 19.1 Å². The lowest BCUT2D eigenvalue weighted by molar-refractivity contribution is 0.431. The maximum absolute atomic E-state index is 4.74. The van der Waals surface area contributed by atoms with Crippen LogP contribution in [0, 0.1) is 0 Å². The summed E-state index contributed by atoms with van der Waals surface area (Å²) in [6.07, 6.45) is 2.32. The van der Waals surface area contributed by atoms with Crippen LogP contribution in [0.3, 0.4) is 0 Å². The lowest BCUT2D eigenvalue weighted by Crippen LogP contribution is -2.29. The minimum atomic E-state index is 0.221. The summed E-state index contributed by atoms with van der Waals surface area (Å²) in [5.74, 6) is 1.15. The Morgan fingerprint density at radius 3 is 2.94 bits per heavy atom. The Morgan fingerprint density at radius 2 is 2.25 bits per heavy atom. The van der Waals surface area contributed by atoms with Gasteiger partial charge in [-0.05, 0) is 31.5 Å². The summed E-state index contributed by atoms with van der Waals surface area (Å²) < 4.78 is 0. The number of nitrogens with one attached hydrogen (secondary N) is 2. The second-order valence-corrected chi connectivity index (χ2v) is 4.66. The lowest BCUT2D eigenvalue weighted by Gasteiger charge is -2.23. The van der Waals surface area contributed by atoms with Crippen LogP contribution >= 0.6 is 0 Å². The van der Waals surface area contributed by atoms with Gasteiger partial charge in [0.05, 0.1) is 11.0 Å². The molecule has 0 bridgehead atoms. The monoisotopic (exact) mass is 215 g/mol. The molecule has 0 amide bonds. The zero-order chi connectivity index (χ0) is 11.0. The average molecular weight is 215 g/mol. The molecule has 0 radical (unpaired) electrons. The van der Waals surface area contributed by atoms with Crippen LogP contribution in [0.4, 0.5) is 0 Å². The van der Waals surface area contributed by atoms with Crippen LogP contribution in [-0.2, 0) is 5.41 Å². The summed E-state index contributed by atoms with van der Waals surface area (Å²) in [7, 11) is 0. The Labute approximate surface area is 95.3 Å². The van der Waals surface area contributed by atoms with E-state index in [0.717, 1.165) is 36.4 Å². The van der Waals surface area contributed by atoms with Crippen molar-refractivity contribution in [1.29, 1.82) is 0 Å². The van der Waals surface area contributed by atoms with E-state index in [2.05, 4.69) is 35.4 Å². The van der Waals surface area contributed by atoms with Gasteiger partial charge in [-0.2, -0.15) is 0 Å². The number of H-pyrrole nitrogens is 1. The molecule has 3 nitrogen and oxygen atoms in total. The highest BCUT2D eigenvalue weighted by molar-refractivity contribution is 5.75. The van der Waals surface area contributed by atoms with Gasteiger partial charge in [0.1, 0.15) is 5.82 Å². The molecule has 16 heavy (non-hydrogen) atoms. The fourth-order valence-corrected chi connectivity index (χ4v) is 2.62. The quantitative estimate of drug-likeness (QED) is 0.806. The first-order valence-electron chi connectivity index (χ1n) is 6.00. The van der Waals surface area contributed by atoms with Crippen molar-refractivity contribution in [2.45, 2.75) is 25.2 Å². The van der Waals surface area contributed by atoms with Gasteiger partial charge in [-0.25, -0.2) is 4.98 Å². The van der Waals surface area contributed by atoms with E-state index in [-0.39, 0.29) is 5.41 Å². The molecular formula is C13H17N3. The fraction of sp³-hybridized carbons (Fsp3) is 0.462. The van der Waals surface area contributed by atoms with Crippen LogP contribution in [0.15, 0.2) is 24.3 Å². The molecule has 0 aliphatic carbocycles. The smallest absolute Gasteiger partial charge is 0.114 e. The predicted molar refractivity (Wildman–Crippen MR) is 65.5 cm³/mol. The normalized spacial score (nSPS) is 25.3. The first-order valence-corrected chi connectivity index (χ1v) is 6.00. The number of hydrogen-bond acceptors (Lipinski definition) is 2. The van der Waals surface area contributed by atoms with Crippen LogP contribution < -0.4 is 5.32 Å². The molecule has 1 saturated heterocycles. The minimum Gasteiger partial charge on any atom is -0.341 e. The van der Waals surface area contributed by atoms with Crippen molar-refractivity contribution in [2.24, 2.45) is 0 Å². The first kappa shape index (κ1) is 9.85. The Hall–Kier alpha value is -1.35. The zero-order valence-electron chi connectivity index (χ0n) is 9.59. The molecule has 0 spiro atoms. The Bertz CT molecular complexity index is 462. The number of hydrogen-bond donors (Lipinski definition) is 2. The highest BCUT2D eigenvalue weighted by Crippen LogP contribution is 2.33. The van der Waals surface area contributed by atoms with Crippen LogP contribution in [0.1, 0.15) is 25.6 Å². The van der Waals surface area contributed by atoms with E-state index in [1.54, 1.807) is 0 Å². The molecule has 1 unspecified atom stereocenters. The molecule has 3 rings (SSSR count). The molecule has 84 valence electrons. The van der Waals surface area contributed by atoms with Crippen molar-refractivity contribution in [3.63, 3.8) is 0 Å². The molecular weight excluding hydrogens is 198 g/mol.